The molecule has 0 aromatic heterocycles. The third kappa shape index (κ3) is 1.02. The summed E-state index contributed by atoms with van der Waals surface area (Å²) in [6.07, 6.45) is 7.81. The smallest absolute Gasteiger partial charge is 0.0253 e. The van der Waals surface area contributed by atoms with Gasteiger partial charge in [0, 0.05) is 18.1 Å². The summed E-state index contributed by atoms with van der Waals surface area (Å²) in [6, 6.07) is 2.40. The van der Waals surface area contributed by atoms with E-state index in [1.807, 2.05) is 0 Å². The van der Waals surface area contributed by atoms with Crippen molar-refractivity contribution in [3.05, 3.63) is 12.7 Å². The van der Waals surface area contributed by atoms with Crippen LogP contribution >= 0.6 is 0 Å². The fraction of sp³-hybridized carbons (Fsp3) is 0.800. The van der Waals surface area contributed by atoms with Gasteiger partial charge in [-0.3, -0.25) is 4.90 Å². The Kier molecular flexibility index (Phi) is 1.76. The number of rotatable bonds is 2. The Morgan fingerprint density at radius 2 is 1.73 bits per heavy atom. The predicted molar refractivity (Wildman–Crippen MR) is 47.5 cm³/mol. The van der Waals surface area contributed by atoms with Crippen LogP contribution < -0.4 is 0 Å². The number of fused-ring (bicyclic) bond motifs is 2. The van der Waals surface area contributed by atoms with Crippen LogP contribution in [-0.2, 0) is 0 Å². The summed E-state index contributed by atoms with van der Waals surface area (Å²) in [5.41, 5.74) is 0. The molecule has 0 aliphatic carbocycles. The van der Waals surface area contributed by atoms with E-state index in [0.29, 0.717) is 6.04 Å². The average molecular weight is 151 g/mol. The van der Waals surface area contributed by atoms with Gasteiger partial charge in [-0.1, -0.05) is 6.08 Å². The fourth-order valence-corrected chi connectivity index (χ4v) is 2.74. The monoisotopic (exact) mass is 151 g/mol. The summed E-state index contributed by atoms with van der Waals surface area (Å²) in [6.45, 7) is 6.13. The molecule has 1 atom stereocenters. The molecule has 0 amide bonds. The van der Waals surface area contributed by atoms with E-state index in [2.05, 4.69) is 24.5 Å². The molecule has 11 heavy (non-hydrogen) atoms. The molecule has 2 aliphatic heterocycles. The first-order chi connectivity index (χ1) is 5.33. The zero-order valence-electron chi connectivity index (χ0n) is 7.29. The highest BCUT2D eigenvalue weighted by atomic mass is 15.2. The Morgan fingerprint density at radius 1 is 1.27 bits per heavy atom. The SMILES string of the molecule is C=CC(C)N1C2CCC1CC2. The lowest BCUT2D eigenvalue weighted by molar-refractivity contribution is 0.220. The van der Waals surface area contributed by atoms with Gasteiger partial charge in [-0.25, -0.2) is 0 Å². The van der Waals surface area contributed by atoms with Crippen LogP contribution in [0.25, 0.3) is 0 Å². The van der Waals surface area contributed by atoms with Gasteiger partial charge in [0.25, 0.3) is 0 Å². The quantitative estimate of drug-likeness (QED) is 0.547. The molecule has 2 fully saturated rings. The summed E-state index contributed by atoms with van der Waals surface area (Å²) >= 11 is 0. The maximum Gasteiger partial charge on any atom is 0.0253 e. The second-order valence-electron chi connectivity index (χ2n) is 3.89. The minimum Gasteiger partial charge on any atom is -0.291 e. The van der Waals surface area contributed by atoms with Crippen molar-refractivity contribution in [2.75, 3.05) is 0 Å². The van der Waals surface area contributed by atoms with Crippen molar-refractivity contribution in [1.82, 2.24) is 4.90 Å². The second kappa shape index (κ2) is 2.63. The van der Waals surface area contributed by atoms with Crippen molar-refractivity contribution in [1.29, 1.82) is 0 Å². The van der Waals surface area contributed by atoms with E-state index in [9.17, 15) is 0 Å². The second-order valence-corrected chi connectivity index (χ2v) is 3.89. The van der Waals surface area contributed by atoms with Crippen molar-refractivity contribution in [3.63, 3.8) is 0 Å². The van der Waals surface area contributed by atoms with E-state index >= 15 is 0 Å². The highest BCUT2D eigenvalue weighted by Crippen LogP contribution is 2.38. The molecule has 0 aromatic rings. The highest BCUT2D eigenvalue weighted by Gasteiger charge is 2.40. The van der Waals surface area contributed by atoms with Crippen molar-refractivity contribution in [3.8, 4) is 0 Å². The Labute approximate surface area is 69.1 Å². The molecule has 1 nitrogen and oxygen atoms in total. The summed E-state index contributed by atoms with van der Waals surface area (Å²) in [5.74, 6) is 0. The first-order valence-electron chi connectivity index (χ1n) is 4.73. The highest BCUT2D eigenvalue weighted by molar-refractivity contribution is 5.00. The van der Waals surface area contributed by atoms with Crippen LogP contribution in [0.4, 0.5) is 0 Å². The molecule has 2 aliphatic rings. The number of nitrogens with zero attached hydrogens (tertiary/aromatic N) is 1. The Morgan fingerprint density at radius 3 is 2.09 bits per heavy atom. The van der Waals surface area contributed by atoms with Gasteiger partial charge >= 0.3 is 0 Å². The van der Waals surface area contributed by atoms with Gasteiger partial charge in [-0.05, 0) is 32.6 Å². The lowest BCUT2D eigenvalue weighted by Crippen LogP contribution is -2.35. The molecule has 0 spiro atoms. The normalized spacial score (nSPS) is 39.4. The lowest BCUT2D eigenvalue weighted by atomic mass is 10.0. The molecule has 0 saturated carbocycles. The van der Waals surface area contributed by atoms with Crippen molar-refractivity contribution in [2.24, 2.45) is 0 Å². The number of hydrogen-bond acceptors (Lipinski definition) is 1. The van der Waals surface area contributed by atoms with Gasteiger partial charge in [0.05, 0.1) is 0 Å². The standard InChI is InChI=1S/C10H17N/c1-3-8(2)11-9-4-5-10(11)7-6-9/h3,8-10H,1,4-7H2,2H3. The predicted octanol–water partition coefficient (Wildman–Crippen LogP) is 2.19. The minimum atomic E-state index is 0.606. The molecule has 0 radical (unpaired) electrons. The molecule has 0 aromatic carbocycles. The fourth-order valence-electron chi connectivity index (χ4n) is 2.74. The zero-order chi connectivity index (χ0) is 7.84. The van der Waals surface area contributed by atoms with Crippen LogP contribution in [-0.4, -0.2) is 23.0 Å². The van der Waals surface area contributed by atoms with E-state index in [-0.39, 0.29) is 0 Å². The molecule has 2 saturated heterocycles. The molecule has 1 unspecified atom stereocenters. The molecular formula is C10H17N. The summed E-state index contributed by atoms with van der Waals surface area (Å²) in [4.78, 5) is 2.66. The van der Waals surface area contributed by atoms with Crippen LogP contribution in [0.1, 0.15) is 32.6 Å². The first-order valence-corrected chi connectivity index (χ1v) is 4.73. The van der Waals surface area contributed by atoms with Gasteiger partial charge in [0.1, 0.15) is 0 Å². The molecule has 2 heterocycles. The minimum absolute atomic E-state index is 0.606. The largest absolute Gasteiger partial charge is 0.291 e. The van der Waals surface area contributed by atoms with Crippen LogP contribution in [0.3, 0.4) is 0 Å². The van der Waals surface area contributed by atoms with Crippen molar-refractivity contribution >= 4 is 0 Å². The molecule has 62 valence electrons. The zero-order valence-corrected chi connectivity index (χ0v) is 7.29. The van der Waals surface area contributed by atoms with E-state index in [1.165, 1.54) is 25.7 Å². The van der Waals surface area contributed by atoms with Gasteiger partial charge in [0.2, 0.25) is 0 Å². The summed E-state index contributed by atoms with van der Waals surface area (Å²) < 4.78 is 0. The summed E-state index contributed by atoms with van der Waals surface area (Å²) in [7, 11) is 0. The van der Waals surface area contributed by atoms with Crippen LogP contribution in [0.15, 0.2) is 12.7 Å². The van der Waals surface area contributed by atoms with Gasteiger partial charge < -0.3 is 0 Å². The Bertz CT molecular complexity index is 144. The Balaban J connectivity index is 2.09. The Hall–Kier alpha value is -0.300. The van der Waals surface area contributed by atoms with Gasteiger partial charge in [-0.2, -0.15) is 0 Å². The molecule has 1 heteroatoms. The van der Waals surface area contributed by atoms with E-state index in [0.717, 1.165) is 12.1 Å². The van der Waals surface area contributed by atoms with E-state index in [4.69, 9.17) is 0 Å². The third-order valence-electron chi connectivity index (χ3n) is 3.32. The third-order valence-corrected chi connectivity index (χ3v) is 3.32. The molecular weight excluding hydrogens is 134 g/mol. The van der Waals surface area contributed by atoms with Gasteiger partial charge in [0.15, 0.2) is 0 Å². The van der Waals surface area contributed by atoms with Crippen LogP contribution in [0, 0.1) is 0 Å². The van der Waals surface area contributed by atoms with Crippen molar-refractivity contribution < 1.29 is 0 Å². The van der Waals surface area contributed by atoms with E-state index < -0.39 is 0 Å². The number of hydrogen-bond donors (Lipinski definition) is 0. The van der Waals surface area contributed by atoms with Crippen molar-refractivity contribution in [2.45, 2.75) is 50.7 Å². The van der Waals surface area contributed by atoms with E-state index in [1.54, 1.807) is 0 Å². The lowest BCUT2D eigenvalue weighted by Gasteiger charge is -2.26. The maximum atomic E-state index is 3.86. The van der Waals surface area contributed by atoms with Crippen LogP contribution in [0.2, 0.25) is 0 Å². The first kappa shape index (κ1) is 7.35. The van der Waals surface area contributed by atoms with Crippen LogP contribution in [0.5, 0.6) is 0 Å². The molecule has 0 N–H and O–H groups in total. The summed E-state index contributed by atoms with van der Waals surface area (Å²) in [5, 5.41) is 0. The average Bonchev–Trinajstić information content (AvgIpc) is 2.61. The molecule has 2 rings (SSSR count). The topological polar surface area (TPSA) is 3.24 Å². The maximum absolute atomic E-state index is 3.86. The molecule has 2 bridgehead atoms. The van der Waals surface area contributed by atoms with Gasteiger partial charge in [-0.15, -0.1) is 6.58 Å².